The molecule has 142 valence electrons. The first kappa shape index (κ1) is 16.4. The third-order valence-electron chi connectivity index (χ3n) is 5.12. The van der Waals surface area contributed by atoms with Gasteiger partial charge in [-0.05, 0) is 12.3 Å². The van der Waals surface area contributed by atoms with Gasteiger partial charge in [0.05, 0.1) is 18.8 Å². The number of anilines is 2. The van der Waals surface area contributed by atoms with Crippen molar-refractivity contribution in [3.63, 3.8) is 0 Å². The van der Waals surface area contributed by atoms with Crippen LogP contribution < -0.4 is 10.2 Å². The molecule has 0 aliphatic carbocycles. The van der Waals surface area contributed by atoms with Gasteiger partial charge in [-0.3, -0.25) is 5.10 Å². The molecule has 3 aromatic heterocycles. The van der Waals surface area contributed by atoms with E-state index in [2.05, 4.69) is 42.4 Å². The maximum Gasteiger partial charge on any atom is 0.243 e. The van der Waals surface area contributed by atoms with Gasteiger partial charge in [0, 0.05) is 31.5 Å². The molecule has 9 nitrogen and oxygen atoms in total. The number of ether oxygens (including phenoxy) is 1. The van der Waals surface area contributed by atoms with Gasteiger partial charge in [0.25, 0.3) is 0 Å². The van der Waals surface area contributed by atoms with Gasteiger partial charge < -0.3 is 15.0 Å². The number of rotatable bonds is 4. The fraction of sp³-hybridized carbons (Fsp3) is 0.529. The van der Waals surface area contributed by atoms with Crippen molar-refractivity contribution in [3.05, 3.63) is 18.7 Å². The van der Waals surface area contributed by atoms with Gasteiger partial charge in [-0.2, -0.15) is 14.6 Å². The van der Waals surface area contributed by atoms with E-state index in [1.165, 1.54) is 0 Å². The monoisotopic (exact) mass is 372 g/mol. The van der Waals surface area contributed by atoms with Gasteiger partial charge in [-0.15, -0.1) is 5.10 Å². The summed E-state index contributed by atoms with van der Waals surface area (Å²) in [4.78, 5) is 11.5. The zero-order chi connectivity index (χ0) is 18.4. The van der Waals surface area contributed by atoms with E-state index < -0.39 is 6.17 Å². The second kappa shape index (κ2) is 6.45. The van der Waals surface area contributed by atoms with E-state index in [9.17, 15) is 4.39 Å². The molecule has 2 fully saturated rings. The highest BCUT2D eigenvalue weighted by molar-refractivity contribution is 5.85. The Hall–Kier alpha value is -2.75. The zero-order valence-electron chi connectivity index (χ0n) is 15.0. The highest BCUT2D eigenvalue weighted by Crippen LogP contribution is 2.36. The molecule has 5 rings (SSSR count). The minimum Gasteiger partial charge on any atom is -0.378 e. The Bertz CT molecular complexity index is 936. The van der Waals surface area contributed by atoms with E-state index in [4.69, 9.17) is 4.74 Å². The first-order valence-corrected chi connectivity index (χ1v) is 9.17. The lowest BCUT2D eigenvalue weighted by Crippen LogP contribution is -2.45. The number of hydrogen-bond acceptors (Lipinski definition) is 7. The number of halogens is 1. The molecule has 5 heterocycles. The smallest absolute Gasteiger partial charge is 0.243 e. The topological polar surface area (TPSA) is 96.3 Å². The molecule has 10 heteroatoms. The maximum atomic E-state index is 14.1. The van der Waals surface area contributed by atoms with Gasteiger partial charge >= 0.3 is 0 Å². The van der Waals surface area contributed by atoms with Crippen molar-refractivity contribution >= 4 is 17.3 Å². The van der Waals surface area contributed by atoms with Crippen LogP contribution in [0.25, 0.3) is 16.9 Å². The number of H-pyrrole nitrogens is 1. The van der Waals surface area contributed by atoms with Crippen molar-refractivity contribution < 1.29 is 9.13 Å². The summed E-state index contributed by atoms with van der Waals surface area (Å²) in [6.07, 6.45) is 4.72. The van der Waals surface area contributed by atoms with Crippen LogP contribution in [0.2, 0.25) is 0 Å². The molecule has 2 aliphatic heterocycles. The van der Waals surface area contributed by atoms with Crippen LogP contribution in [0.1, 0.15) is 13.3 Å². The van der Waals surface area contributed by atoms with Crippen LogP contribution in [0.15, 0.2) is 18.7 Å². The van der Waals surface area contributed by atoms with Crippen LogP contribution in [-0.4, -0.2) is 68.3 Å². The zero-order valence-corrected chi connectivity index (χ0v) is 15.0. The largest absolute Gasteiger partial charge is 0.378 e. The molecular formula is C17H21FN8O. The van der Waals surface area contributed by atoms with Gasteiger partial charge in [-0.1, -0.05) is 6.92 Å². The molecule has 0 aromatic carbocycles. The number of aromatic nitrogens is 6. The Morgan fingerprint density at radius 1 is 1.37 bits per heavy atom. The second-order valence-electron chi connectivity index (χ2n) is 7.27. The van der Waals surface area contributed by atoms with Gasteiger partial charge in [0.1, 0.15) is 23.9 Å². The van der Waals surface area contributed by atoms with Gasteiger partial charge in [-0.25, -0.2) is 9.37 Å². The van der Waals surface area contributed by atoms with Crippen LogP contribution in [0, 0.1) is 5.92 Å². The molecule has 0 amide bonds. The predicted molar refractivity (Wildman–Crippen MR) is 97.5 cm³/mol. The van der Waals surface area contributed by atoms with Crippen LogP contribution >= 0.6 is 0 Å². The SMILES string of the molecule is CC1CN(c2c(-c3cn[nH]c3)ncn3nc(NC4CCOC[C@H]4F)nc23)C1. The van der Waals surface area contributed by atoms with E-state index >= 15 is 0 Å². The lowest BCUT2D eigenvalue weighted by Gasteiger charge is -2.39. The van der Waals surface area contributed by atoms with Crippen LogP contribution in [-0.2, 0) is 4.74 Å². The summed E-state index contributed by atoms with van der Waals surface area (Å²) in [5.74, 6) is 1.03. The summed E-state index contributed by atoms with van der Waals surface area (Å²) in [6.45, 7) is 4.73. The Balaban J connectivity index is 1.54. The summed E-state index contributed by atoms with van der Waals surface area (Å²) in [5.41, 5.74) is 3.36. The average Bonchev–Trinajstić information content (AvgIpc) is 3.29. The molecule has 0 radical (unpaired) electrons. The van der Waals surface area contributed by atoms with E-state index in [-0.39, 0.29) is 12.6 Å². The summed E-state index contributed by atoms with van der Waals surface area (Å²) in [6, 6.07) is -0.343. The van der Waals surface area contributed by atoms with Crippen LogP contribution in [0.4, 0.5) is 16.0 Å². The third-order valence-corrected chi connectivity index (χ3v) is 5.12. The Labute approximate surface area is 154 Å². The van der Waals surface area contributed by atoms with Gasteiger partial charge in [0.2, 0.25) is 5.95 Å². The molecule has 2 atom stereocenters. The highest BCUT2D eigenvalue weighted by atomic mass is 19.1. The number of nitrogens with zero attached hydrogens (tertiary/aromatic N) is 6. The summed E-state index contributed by atoms with van der Waals surface area (Å²) in [7, 11) is 0. The predicted octanol–water partition coefficient (Wildman–Crippen LogP) is 1.51. The van der Waals surface area contributed by atoms with Crippen molar-refractivity contribution in [1.82, 2.24) is 29.8 Å². The van der Waals surface area contributed by atoms with Crippen molar-refractivity contribution in [3.8, 4) is 11.3 Å². The quantitative estimate of drug-likeness (QED) is 0.717. The maximum absolute atomic E-state index is 14.1. The summed E-state index contributed by atoms with van der Waals surface area (Å²) in [5, 5.41) is 14.5. The summed E-state index contributed by atoms with van der Waals surface area (Å²) < 4.78 is 20.9. The summed E-state index contributed by atoms with van der Waals surface area (Å²) >= 11 is 0. The Kier molecular flexibility index (Phi) is 3.92. The number of hydrogen-bond donors (Lipinski definition) is 2. The lowest BCUT2D eigenvalue weighted by molar-refractivity contribution is 0.0284. The number of fused-ring (bicyclic) bond motifs is 1. The second-order valence-corrected chi connectivity index (χ2v) is 7.27. The third kappa shape index (κ3) is 2.89. The molecule has 0 saturated carbocycles. The van der Waals surface area contributed by atoms with E-state index in [0.717, 1.165) is 30.0 Å². The molecule has 3 aromatic rings. The molecule has 1 unspecified atom stereocenters. The first-order chi connectivity index (χ1) is 13.2. The average molecular weight is 372 g/mol. The molecular weight excluding hydrogens is 351 g/mol. The Morgan fingerprint density at radius 2 is 2.26 bits per heavy atom. The normalized spacial score (nSPS) is 23.6. The molecule has 0 bridgehead atoms. The van der Waals surface area contributed by atoms with Crippen LogP contribution in [0.5, 0.6) is 0 Å². The molecule has 0 spiro atoms. The minimum atomic E-state index is -1.07. The number of nitrogens with one attached hydrogen (secondary N) is 2. The van der Waals surface area contributed by atoms with Crippen molar-refractivity contribution in [2.24, 2.45) is 5.92 Å². The van der Waals surface area contributed by atoms with Gasteiger partial charge in [0.15, 0.2) is 5.65 Å². The molecule has 2 aliphatic rings. The van der Waals surface area contributed by atoms with E-state index in [1.54, 1.807) is 17.0 Å². The standard InChI is InChI=1S/C17H21FN8O/c1-10-6-25(7-10)15-14(11-4-20-21-5-11)19-9-26-16(15)23-17(24-26)22-13-2-3-27-8-12(13)18/h4-5,9-10,12-13H,2-3,6-8H2,1H3,(H,20,21)(H,22,24)/t12-,13?/m1/s1. The van der Waals surface area contributed by atoms with E-state index in [1.807, 2.05) is 6.20 Å². The molecule has 2 N–H and O–H groups in total. The first-order valence-electron chi connectivity index (χ1n) is 9.17. The lowest BCUT2D eigenvalue weighted by atomic mass is 10.0. The number of alkyl halides is 1. The Morgan fingerprint density at radius 3 is 3.00 bits per heavy atom. The van der Waals surface area contributed by atoms with E-state index in [0.29, 0.717) is 30.5 Å². The van der Waals surface area contributed by atoms with Crippen molar-refractivity contribution in [1.29, 1.82) is 0 Å². The van der Waals surface area contributed by atoms with Crippen molar-refractivity contribution in [2.45, 2.75) is 25.6 Å². The molecule has 27 heavy (non-hydrogen) atoms. The number of aromatic amines is 1. The van der Waals surface area contributed by atoms with Crippen molar-refractivity contribution in [2.75, 3.05) is 36.5 Å². The fourth-order valence-corrected chi connectivity index (χ4v) is 3.70. The highest BCUT2D eigenvalue weighted by Gasteiger charge is 2.30. The fourth-order valence-electron chi connectivity index (χ4n) is 3.70. The molecule has 2 saturated heterocycles. The minimum absolute atomic E-state index is 0.105. The van der Waals surface area contributed by atoms with Crippen LogP contribution in [0.3, 0.4) is 0 Å².